The lowest BCUT2D eigenvalue weighted by Crippen LogP contribution is -2.15. The summed E-state index contributed by atoms with van der Waals surface area (Å²) in [7, 11) is 0. The summed E-state index contributed by atoms with van der Waals surface area (Å²) >= 11 is 0. The average Bonchev–Trinajstić information content (AvgIpc) is 2.85. The summed E-state index contributed by atoms with van der Waals surface area (Å²) in [6, 6.07) is 11.0. The molecule has 1 aromatic rings. The van der Waals surface area contributed by atoms with Gasteiger partial charge in [0.2, 0.25) is 0 Å². The second kappa shape index (κ2) is 5.14. The first-order valence-corrected chi connectivity index (χ1v) is 6.04. The largest absolute Gasteiger partial charge is 0.316 e. The Kier molecular flexibility index (Phi) is 3.58. The van der Waals surface area contributed by atoms with Gasteiger partial charge in [0.15, 0.2) is 0 Å². The van der Waals surface area contributed by atoms with Crippen LogP contribution in [0, 0.1) is 17.2 Å². The molecule has 1 aromatic carbocycles. The smallest absolute Gasteiger partial charge is 0.0753 e. The fraction of sp³-hybridized carbons (Fsp3) is 0.500. The average molecular weight is 214 g/mol. The van der Waals surface area contributed by atoms with Gasteiger partial charge >= 0.3 is 0 Å². The Morgan fingerprint density at radius 3 is 2.69 bits per heavy atom. The van der Waals surface area contributed by atoms with Crippen molar-refractivity contribution in [3.05, 3.63) is 35.4 Å². The van der Waals surface area contributed by atoms with E-state index in [1.807, 2.05) is 0 Å². The van der Waals surface area contributed by atoms with Gasteiger partial charge in [-0.05, 0) is 43.0 Å². The van der Waals surface area contributed by atoms with Crippen LogP contribution >= 0.6 is 0 Å². The molecule has 1 saturated heterocycles. The second-order valence-electron chi connectivity index (χ2n) is 4.45. The van der Waals surface area contributed by atoms with Crippen molar-refractivity contribution in [1.82, 2.24) is 5.32 Å². The van der Waals surface area contributed by atoms with Crippen molar-refractivity contribution in [2.24, 2.45) is 5.92 Å². The molecule has 0 aromatic heterocycles. The Hall–Kier alpha value is -1.33. The monoisotopic (exact) mass is 214 g/mol. The molecule has 2 nitrogen and oxygen atoms in total. The third-order valence-corrected chi connectivity index (χ3v) is 3.46. The molecule has 1 aliphatic rings. The Morgan fingerprint density at radius 2 is 2.19 bits per heavy atom. The number of aryl methyl sites for hydroxylation is 1. The minimum atomic E-state index is 0.0564. The van der Waals surface area contributed by atoms with E-state index in [-0.39, 0.29) is 5.92 Å². The molecule has 0 spiro atoms. The molecule has 1 aliphatic heterocycles. The molecular weight excluding hydrogens is 196 g/mol. The lowest BCUT2D eigenvalue weighted by Gasteiger charge is -2.16. The SMILES string of the molecule is CCc1ccc(C(C#N)C2CCNC2)cc1. The first-order valence-electron chi connectivity index (χ1n) is 6.04. The highest BCUT2D eigenvalue weighted by Gasteiger charge is 2.25. The van der Waals surface area contributed by atoms with Gasteiger partial charge in [-0.2, -0.15) is 5.26 Å². The van der Waals surface area contributed by atoms with Crippen LogP contribution in [0.15, 0.2) is 24.3 Å². The van der Waals surface area contributed by atoms with Crippen molar-refractivity contribution in [3.63, 3.8) is 0 Å². The molecule has 84 valence electrons. The van der Waals surface area contributed by atoms with Crippen molar-refractivity contribution < 1.29 is 0 Å². The quantitative estimate of drug-likeness (QED) is 0.839. The Labute approximate surface area is 97.3 Å². The summed E-state index contributed by atoms with van der Waals surface area (Å²) in [5.41, 5.74) is 2.51. The summed E-state index contributed by atoms with van der Waals surface area (Å²) in [6.07, 6.45) is 2.18. The summed E-state index contributed by atoms with van der Waals surface area (Å²) in [4.78, 5) is 0. The van der Waals surface area contributed by atoms with Gasteiger partial charge in [-0.25, -0.2) is 0 Å². The number of nitriles is 1. The van der Waals surface area contributed by atoms with Crippen LogP contribution in [0.3, 0.4) is 0 Å². The van der Waals surface area contributed by atoms with Crippen LogP contribution in [0.5, 0.6) is 0 Å². The lowest BCUT2D eigenvalue weighted by atomic mass is 9.86. The van der Waals surface area contributed by atoms with E-state index >= 15 is 0 Å². The van der Waals surface area contributed by atoms with Crippen LogP contribution in [-0.2, 0) is 6.42 Å². The maximum atomic E-state index is 9.29. The molecule has 2 rings (SSSR count). The van der Waals surface area contributed by atoms with E-state index in [0.29, 0.717) is 5.92 Å². The first-order chi connectivity index (χ1) is 7.85. The van der Waals surface area contributed by atoms with Gasteiger partial charge < -0.3 is 5.32 Å². The van der Waals surface area contributed by atoms with Crippen molar-refractivity contribution in [3.8, 4) is 6.07 Å². The predicted molar refractivity (Wildman–Crippen MR) is 65.2 cm³/mol. The number of hydrogen-bond donors (Lipinski definition) is 1. The van der Waals surface area contributed by atoms with E-state index in [1.165, 1.54) is 11.1 Å². The third kappa shape index (κ3) is 2.25. The molecule has 2 unspecified atom stereocenters. The Morgan fingerprint density at radius 1 is 1.44 bits per heavy atom. The van der Waals surface area contributed by atoms with Gasteiger partial charge in [0.05, 0.1) is 12.0 Å². The summed E-state index contributed by atoms with van der Waals surface area (Å²) in [6.45, 7) is 4.18. The van der Waals surface area contributed by atoms with Crippen molar-refractivity contribution in [2.45, 2.75) is 25.7 Å². The number of benzene rings is 1. The van der Waals surface area contributed by atoms with Crippen molar-refractivity contribution in [1.29, 1.82) is 5.26 Å². The van der Waals surface area contributed by atoms with Crippen molar-refractivity contribution >= 4 is 0 Å². The van der Waals surface area contributed by atoms with Gasteiger partial charge in [-0.1, -0.05) is 31.2 Å². The van der Waals surface area contributed by atoms with E-state index in [9.17, 15) is 5.26 Å². The van der Waals surface area contributed by atoms with Crippen molar-refractivity contribution in [2.75, 3.05) is 13.1 Å². The zero-order valence-corrected chi connectivity index (χ0v) is 9.74. The third-order valence-electron chi connectivity index (χ3n) is 3.46. The summed E-state index contributed by atoms with van der Waals surface area (Å²) in [5, 5.41) is 12.6. The molecule has 0 bridgehead atoms. The molecule has 1 fully saturated rings. The predicted octanol–water partition coefficient (Wildman–Crippen LogP) is 2.47. The maximum absolute atomic E-state index is 9.29. The fourth-order valence-corrected chi connectivity index (χ4v) is 2.37. The number of nitrogens with one attached hydrogen (secondary N) is 1. The minimum absolute atomic E-state index is 0.0564. The molecule has 16 heavy (non-hydrogen) atoms. The van der Waals surface area contributed by atoms with Gasteiger partial charge in [-0.15, -0.1) is 0 Å². The molecule has 0 aliphatic carbocycles. The van der Waals surface area contributed by atoms with E-state index in [4.69, 9.17) is 0 Å². The van der Waals surface area contributed by atoms with Gasteiger partial charge in [0, 0.05) is 0 Å². The van der Waals surface area contributed by atoms with E-state index < -0.39 is 0 Å². The highest BCUT2D eigenvalue weighted by Crippen LogP contribution is 2.28. The molecule has 0 radical (unpaired) electrons. The van der Waals surface area contributed by atoms with Crippen LogP contribution < -0.4 is 5.32 Å². The normalized spacial score (nSPS) is 21.6. The molecule has 0 saturated carbocycles. The lowest BCUT2D eigenvalue weighted by molar-refractivity contribution is 0.531. The standard InChI is InChI=1S/C14H18N2/c1-2-11-3-5-12(6-4-11)14(9-15)13-7-8-16-10-13/h3-6,13-14,16H,2,7-8,10H2,1H3. The Bertz CT molecular complexity index is 369. The van der Waals surface area contributed by atoms with Crippen LogP contribution in [0.25, 0.3) is 0 Å². The van der Waals surface area contributed by atoms with Gasteiger partial charge in [0.25, 0.3) is 0 Å². The molecule has 1 N–H and O–H groups in total. The molecule has 0 amide bonds. The number of nitrogens with zero attached hydrogens (tertiary/aromatic N) is 1. The van der Waals surface area contributed by atoms with Crippen LogP contribution in [0.1, 0.15) is 30.4 Å². The zero-order valence-electron chi connectivity index (χ0n) is 9.74. The molecular formula is C14H18N2. The molecule has 2 atom stereocenters. The van der Waals surface area contributed by atoms with Crippen LogP contribution in [0.2, 0.25) is 0 Å². The summed E-state index contributed by atoms with van der Waals surface area (Å²) < 4.78 is 0. The Balaban J connectivity index is 2.16. The fourth-order valence-electron chi connectivity index (χ4n) is 2.37. The van der Waals surface area contributed by atoms with E-state index in [0.717, 1.165) is 25.9 Å². The number of rotatable bonds is 3. The highest BCUT2D eigenvalue weighted by atomic mass is 14.9. The van der Waals surface area contributed by atoms with Gasteiger partial charge in [0.1, 0.15) is 0 Å². The number of hydrogen-bond acceptors (Lipinski definition) is 2. The second-order valence-corrected chi connectivity index (χ2v) is 4.45. The topological polar surface area (TPSA) is 35.8 Å². The molecule has 2 heteroatoms. The highest BCUT2D eigenvalue weighted by molar-refractivity contribution is 5.30. The van der Waals surface area contributed by atoms with E-state index in [1.54, 1.807) is 0 Å². The van der Waals surface area contributed by atoms with Gasteiger partial charge in [-0.3, -0.25) is 0 Å². The first kappa shape index (κ1) is 11.2. The maximum Gasteiger partial charge on any atom is 0.0753 e. The van der Waals surface area contributed by atoms with Crippen LogP contribution in [0.4, 0.5) is 0 Å². The van der Waals surface area contributed by atoms with Crippen LogP contribution in [-0.4, -0.2) is 13.1 Å². The minimum Gasteiger partial charge on any atom is -0.316 e. The van der Waals surface area contributed by atoms with E-state index in [2.05, 4.69) is 42.6 Å². The molecule has 1 heterocycles. The summed E-state index contributed by atoms with van der Waals surface area (Å²) in [5.74, 6) is 0.540. The zero-order chi connectivity index (χ0) is 11.4.